The second kappa shape index (κ2) is 8.37. The normalized spacial score (nSPS) is 18.2. The van der Waals surface area contributed by atoms with E-state index in [2.05, 4.69) is 96.7 Å². The molecule has 0 atom stereocenters. The van der Waals surface area contributed by atoms with Crippen LogP contribution in [0.4, 0.5) is 17.1 Å². The van der Waals surface area contributed by atoms with Gasteiger partial charge in [-0.15, -0.1) is 0 Å². The maximum Gasteiger partial charge on any atom is 0.0632 e. The average Bonchev–Trinajstić information content (AvgIpc) is 2.99. The minimum Gasteiger partial charge on any atom is -0.310 e. The van der Waals surface area contributed by atoms with Gasteiger partial charge in [0.05, 0.1) is 4.11 Å². The highest BCUT2D eigenvalue weighted by Gasteiger charge is 2.56. The van der Waals surface area contributed by atoms with Crippen LogP contribution in [0.25, 0.3) is 11.1 Å². The highest BCUT2D eigenvalue weighted by molar-refractivity contribution is 5.82. The van der Waals surface area contributed by atoms with Gasteiger partial charge in [0.1, 0.15) is 0 Å². The Morgan fingerprint density at radius 3 is 1.58 bits per heavy atom. The van der Waals surface area contributed by atoms with Crippen molar-refractivity contribution in [3.05, 3.63) is 113 Å². The number of hydrogen-bond donors (Lipinski definition) is 0. The fraction of sp³-hybridized carbons (Fsp3) is 0.314. The maximum absolute atomic E-state index is 9.50. The summed E-state index contributed by atoms with van der Waals surface area (Å²) in [5.74, 6) is 0. The van der Waals surface area contributed by atoms with Crippen LogP contribution in [-0.4, -0.2) is 0 Å². The molecule has 1 nitrogen and oxygen atoms in total. The molecule has 184 valence electrons. The van der Waals surface area contributed by atoms with Crippen molar-refractivity contribution in [1.29, 1.82) is 0 Å². The summed E-state index contributed by atoms with van der Waals surface area (Å²) in [5.41, 5.74) is 7.58. The molecule has 36 heavy (non-hydrogen) atoms. The van der Waals surface area contributed by atoms with Crippen molar-refractivity contribution in [3.63, 3.8) is 0 Å². The van der Waals surface area contributed by atoms with Gasteiger partial charge in [-0.3, -0.25) is 0 Å². The molecule has 0 N–H and O–H groups in total. The van der Waals surface area contributed by atoms with Crippen molar-refractivity contribution in [2.24, 2.45) is 5.41 Å². The summed E-state index contributed by atoms with van der Waals surface area (Å²) in [6.07, 6.45) is 0. The summed E-state index contributed by atoms with van der Waals surface area (Å²) in [6, 6.07) is 25.8. The molecule has 0 radical (unpaired) electrons. The average molecular weight is 477 g/mol. The fourth-order valence-electron chi connectivity index (χ4n) is 5.94. The zero-order valence-corrected chi connectivity index (χ0v) is 22.9. The van der Waals surface area contributed by atoms with Crippen LogP contribution >= 0.6 is 0 Å². The van der Waals surface area contributed by atoms with Gasteiger partial charge in [-0.25, -0.2) is 0 Å². The zero-order valence-electron chi connectivity index (χ0n) is 25.9. The second-order valence-corrected chi connectivity index (χ2v) is 11.8. The number of hydrogen-bond acceptors (Lipinski definition) is 1. The maximum atomic E-state index is 9.50. The molecule has 1 aliphatic rings. The quantitative estimate of drug-likeness (QED) is 0.283. The Balaban J connectivity index is 1.75. The minimum atomic E-state index is -0.327. The van der Waals surface area contributed by atoms with Gasteiger partial charge in [0.15, 0.2) is 0 Å². The molecule has 0 bridgehead atoms. The summed E-state index contributed by atoms with van der Waals surface area (Å²) >= 11 is 0. The molecule has 0 unspecified atom stereocenters. The van der Waals surface area contributed by atoms with E-state index < -0.39 is 0 Å². The third-order valence-electron chi connectivity index (χ3n) is 9.24. The van der Waals surface area contributed by atoms with Gasteiger partial charge in [-0.05, 0) is 99.9 Å². The zero-order chi connectivity index (χ0) is 28.5. The van der Waals surface area contributed by atoms with Gasteiger partial charge in [0.2, 0.25) is 0 Å². The van der Waals surface area contributed by atoms with Gasteiger partial charge in [-0.1, -0.05) is 96.1 Å². The number of nitrogens with zero attached hydrogens (tertiary/aromatic N) is 1. The van der Waals surface area contributed by atoms with Crippen LogP contribution in [0.15, 0.2) is 90.9 Å². The van der Waals surface area contributed by atoms with Crippen LogP contribution in [-0.2, 0) is 10.8 Å². The summed E-state index contributed by atoms with van der Waals surface area (Å²) in [6.45, 7) is 17.3. The lowest BCUT2D eigenvalue weighted by atomic mass is 9.59. The van der Waals surface area contributed by atoms with Gasteiger partial charge in [-0.2, -0.15) is 0 Å². The molecule has 0 heterocycles. The van der Waals surface area contributed by atoms with E-state index in [1.807, 2.05) is 36.4 Å². The molecule has 0 amide bonds. The third-order valence-corrected chi connectivity index (χ3v) is 9.24. The number of fused-ring (bicyclic) bond motifs is 1. The Morgan fingerprint density at radius 2 is 1.08 bits per heavy atom. The van der Waals surface area contributed by atoms with E-state index in [0.29, 0.717) is 11.6 Å². The second-order valence-electron chi connectivity index (χ2n) is 11.8. The lowest BCUT2D eigenvalue weighted by Crippen LogP contribution is -2.42. The molecule has 0 aliphatic heterocycles. The van der Waals surface area contributed by atoms with Crippen molar-refractivity contribution in [2.75, 3.05) is 4.90 Å². The molecule has 4 aromatic carbocycles. The van der Waals surface area contributed by atoms with E-state index in [-0.39, 0.29) is 28.3 Å². The third kappa shape index (κ3) is 3.52. The topological polar surface area (TPSA) is 3.24 Å². The van der Waals surface area contributed by atoms with Gasteiger partial charge in [0, 0.05) is 17.1 Å². The van der Waals surface area contributed by atoms with Crippen molar-refractivity contribution < 1.29 is 4.11 Å². The fourth-order valence-corrected chi connectivity index (χ4v) is 5.94. The molecule has 1 aliphatic carbocycles. The molecule has 1 heteroatoms. The Morgan fingerprint density at radius 1 is 0.611 bits per heavy atom. The predicted octanol–water partition coefficient (Wildman–Crippen LogP) is 10.0. The number of para-hydroxylation sites is 2. The summed E-state index contributed by atoms with van der Waals surface area (Å²) in [7, 11) is 0. The predicted molar refractivity (Wildman–Crippen MR) is 156 cm³/mol. The van der Waals surface area contributed by atoms with Crippen LogP contribution < -0.4 is 4.90 Å². The van der Waals surface area contributed by atoms with Gasteiger partial charge in [0.25, 0.3) is 0 Å². The minimum absolute atomic E-state index is 0.155. The summed E-state index contributed by atoms with van der Waals surface area (Å²) < 4.78 is 27.8. The van der Waals surface area contributed by atoms with E-state index in [9.17, 15) is 1.37 Å². The number of anilines is 3. The first kappa shape index (κ1) is 20.8. The molecular formula is C35H39N. The SMILES string of the molecule is [2H]c1c([2H])c2c(c([2H])c1-c1c(C)cc(N(c3ccccc3)c3ccccc3)cc1C)C(C)(C)C(C)(C)C2(C)C. The summed E-state index contributed by atoms with van der Waals surface area (Å²) in [5, 5.41) is 0. The highest BCUT2D eigenvalue weighted by Crippen LogP contribution is 2.61. The smallest absolute Gasteiger partial charge is 0.0632 e. The van der Waals surface area contributed by atoms with Crippen LogP contribution in [0.1, 0.15) is 67.9 Å². The Bertz CT molecular complexity index is 1500. The van der Waals surface area contributed by atoms with Crippen LogP contribution in [0, 0.1) is 19.3 Å². The molecular weight excluding hydrogens is 434 g/mol. The Labute approximate surface area is 222 Å². The number of aryl methyl sites for hydroxylation is 2. The molecule has 0 spiro atoms. The first-order valence-corrected chi connectivity index (χ1v) is 12.9. The summed E-state index contributed by atoms with van der Waals surface area (Å²) in [4.78, 5) is 2.24. The molecule has 0 saturated carbocycles. The first-order valence-electron chi connectivity index (χ1n) is 14.4. The van der Waals surface area contributed by atoms with Crippen molar-refractivity contribution in [3.8, 4) is 11.1 Å². The molecule has 0 fully saturated rings. The van der Waals surface area contributed by atoms with E-state index in [0.717, 1.165) is 44.9 Å². The number of benzene rings is 4. The lowest BCUT2D eigenvalue weighted by molar-refractivity contribution is 0.125. The van der Waals surface area contributed by atoms with Crippen molar-refractivity contribution >= 4 is 17.1 Å². The molecule has 0 aromatic heterocycles. The molecule has 0 saturated heterocycles. The van der Waals surface area contributed by atoms with E-state index >= 15 is 0 Å². The van der Waals surface area contributed by atoms with Gasteiger partial charge >= 0.3 is 0 Å². The van der Waals surface area contributed by atoms with Crippen molar-refractivity contribution in [2.45, 2.75) is 66.2 Å². The Hall–Kier alpha value is -3.32. The standard InChI is InChI=1S/C35H39N/c1-24-21-29(36(27-15-11-9-12-16-27)28-17-13-10-14-18-28)22-25(2)32(24)26-19-20-30-31(23-26)34(5,6)35(7,8)33(30,3)4/h9-23H,1-8H3/i19D,20D,23D. The first-order chi connectivity index (χ1) is 18.2. The van der Waals surface area contributed by atoms with Crippen LogP contribution in [0.5, 0.6) is 0 Å². The van der Waals surface area contributed by atoms with Gasteiger partial charge < -0.3 is 4.90 Å². The number of rotatable bonds is 4. The Kier molecular flexibility index (Phi) is 4.84. The highest BCUT2D eigenvalue weighted by atomic mass is 15.1. The van der Waals surface area contributed by atoms with E-state index in [1.54, 1.807) is 0 Å². The lowest BCUT2D eigenvalue weighted by Gasteiger charge is -2.44. The van der Waals surface area contributed by atoms with E-state index in [1.165, 1.54) is 0 Å². The van der Waals surface area contributed by atoms with E-state index in [4.69, 9.17) is 2.74 Å². The van der Waals surface area contributed by atoms with Crippen LogP contribution in [0.3, 0.4) is 0 Å². The molecule has 5 rings (SSSR count). The monoisotopic (exact) mass is 476 g/mol. The molecule has 4 aromatic rings. The van der Waals surface area contributed by atoms with Crippen molar-refractivity contribution in [1.82, 2.24) is 0 Å². The van der Waals surface area contributed by atoms with Crippen LogP contribution in [0.2, 0.25) is 0 Å². The largest absolute Gasteiger partial charge is 0.310 e.